The van der Waals surface area contributed by atoms with Gasteiger partial charge in [-0.15, -0.1) is 0 Å². The fourth-order valence-corrected chi connectivity index (χ4v) is 4.51. The lowest BCUT2D eigenvalue weighted by Gasteiger charge is -2.35. The van der Waals surface area contributed by atoms with Crippen LogP contribution in [0.25, 0.3) is 0 Å². The highest BCUT2D eigenvalue weighted by atomic mass is 16.5. The summed E-state index contributed by atoms with van der Waals surface area (Å²) in [6, 6.07) is 5.00. The van der Waals surface area contributed by atoms with Crippen LogP contribution in [-0.4, -0.2) is 103 Å². The normalized spacial score (nSPS) is 22.9. The molecule has 36 heavy (non-hydrogen) atoms. The molecule has 3 rings (SSSR count). The minimum Gasteiger partial charge on any atom is -0.491 e. The molecule has 0 unspecified atom stereocenters. The van der Waals surface area contributed by atoms with Gasteiger partial charge in [-0.2, -0.15) is 0 Å². The molecular formula is C26H39N5O5. The number of amides is 4. The quantitative estimate of drug-likeness (QED) is 0.629. The standard InChI is InChI=1S/C26H39N5O5/c1-5-30-14-15-36-22-9-7-6-8-19(22)24(33)28-21(26(35)31-12-10-29(4)11-13-31)17-23(32)27-20(25(30)34)16-18(2)3/h6-9,18,20-21H,5,10-17H2,1-4H3,(H,27,32)(H,28,33)/t20-,21-/m0/s1. The van der Waals surface area contributed by atoms with E-state index in [9.17, 15) is 19.2 Å². The number of benzene rings is 1. The Morgan fingerprint density at radius 3 is 2.42 bits per heavy atom. The Kier molecular flexibility index (Phi) is 9.69. The molecule has 1 saturated heterocycles. The molecule has 0 aliphatic carbocycles. The number of nitrogens with zero attached hydrogens (tertiary/aromatic N) is 3. The number of piperazine rings is 1. The maximum Gasteiger partial charge on any atom is 0.255 e. The largest absolute Gasteiger partial charge is 0.491 e. The molecule has 1 fully saturated rings. The fourth-order valence-electron chi connectivity index (χ4n) is 4.51. The molecule has 2 N–H and O–H groups in total. The zero-order chi connectivity index (χ0) is 26.2. The van der Waals surface area contributed by atoms with Crippen molar-refractivity contribution in [3.05, 3.63) is 29.8 Å². The molecule has 2 atom stereocenters. The molecule has 2 aliphatic heterocycles. The van der Waals surface area contributed by atoms with Gasteiger partial charge in [0.25, 0.3) is 5.91 Å². The van der Waals surface area contributed by atoms with Crippen molar-refractivity contribution in [1.29, 1.82) is 0 Å². The van der Waals surface area contributed by atoms with E-state index in [1.807, 2.05) is 27.8 Å². The molecule has 1 aromatic carbocycles. The number of fused-ring (bicyclic) bond motifs is 1. The van der Waals surface area contributed by atoms with Gasteiger partial charge in [0.05, 0.1) is 18.5 Å². The van der Waals surface area contributed by atoms with E-state index in [2.05, 4.69) is 15.5 Å². The fraction of sp³-hybridized carbons (Fsp3) is 0.615. The Bertz CT molecular complexity index is 944. The summed E-state index contributed by atoms with van der Waals surface area (Å²) in [6.45, 7) is 9.28. The lowest BCUT2D eigenvalue weighted by molar-refractivity contribution is -0.139. The smallest absolute Gasteiger partial charge is 0.255 e. The second-order valence-corrected chi connectivity index (χ2v) is 9.87. The Morgan fingerprint density at radius 2 is 1.75 bits per heavy atom. The van der Waals surface area contributed by atoms with Gasteiger partial charge in [-0.1, -0.05) is 26.0 Å². The molecule has 0 spiro atoms. The predicted octanol–water partition coefficient (Wildman–Crippen LogP) is 0.721. The van der Waals surface area contributed by atoms with Gasteiger partial charge < -0.3 is 30.1 Å². The van der Waals surface area contributed by atoms with E-state index in [-0.39, 0.29) is 36.3 Å². The number of nitrogens with one attached hydrogen (secondary N) is 2. The molecule has 0 radical (unpaired) electrons. The number of likely N-dealkylation sites (N-methyl/N-ethyl adjacent to an activating group) is 2. The highest BCUT2D eigenvalue weighted by molar-refractivity contribution is 6.01. The van der Waals surface area contributed by atoms with Gasteiger partial charge in [0.15, 0.2) is 0 Å². The zero-order valence-corrected chi connectivity index (χ0v) is 21.8. The molecule has 198 valence electrons. The monoisotopic (exact) mass is 501 g/mol. The first kappa shape index (κ1) is 27.4. The van der Waals surface area contributed by atoms with Crippen LogP contribution >= 0.6 is 0 Å². The lowest BCUT2D eigenvalue weighted by Crippen LogP contribution is -2.56. The van der Waals surface area contributed by atoms with Crippen molar-refractivity contribution >= 4 is 23.6 Å². The van der Waals surface area contributed by atoms with Gasteiger partial charge in [0.2, 0.25) is 17.7 Å². The van der Waals surface area contributed by atoms with Crippen molar-refractivity contribution in [2.45, 2.75) is 45.7 Å². The van der Waals surface area contributed by atoms with E-state index in [1.54, 1.807) is 34.1 Å². The summed E-state index contributed by atoms with van der Waals surface area (Å²) in [5.74, 6) is -0.880. The second kappa shape index (κ2) is 12.7. The minimum atomic E-state index is -1.06. The SMILES string of the molecule is CCN1CCOc2ccccc2C(=O)N[C@H](C(=O)N2CCN(C)CC2)CC(=O)N[C@@H](CC(C)C)C1=O. The second-order valence-electron chi connectivity index (χ2n) is 9.87. The van der Waals surface area contributed by atoms with Crippen LogP contribution in [0.2, 0.25) is 0 Å². The third-order valence-electron chi connectivity index (χ3n) is 6.59. The summed E-state index contributed by atoms with van der Waals surface area (Å²) in [6.07, 6.45) is 0.210. The Balaban J connectivity index is 1.92. The molecule has 10 nitrogen and oxygen atoms in total. The van der Waals surface area contributed by atoms with E-state index >= 15 is 0 Å². The Labute approximate surface area is 213 Å². The Morgan fingerprint density at radius 1 is 1.06 bits per heavy atom. The van der Waals surface area contributed by atoms with Crippen LogP contribution in [0.3, 0.4) is 0 Å². The molecule has 0 aromatic heterocycles. The number of hydrogen-bond acceptors (Lipinski definition) is 6. The molecular weight excluding hydrogens is 462 g/mol. The number of para-hydroxylation sites is 1. The van der Waals surface area contributed by atoms with Gasteiger partial charge in [-0.25, -0.2) is 0 Å². The van der Waals surface area contributed by atoms with E-state index in [4.69, 9.17) is 4.74 Å². The molecule has 4 amide bonds. The Hall–Kier alpha value is -3.14. The van der Waals surface area contributed by atoms with Gasteiger partial charge in [0, 0.05) is 32.7 Å². The molecule has 2 heterocycles. The molecule has 2 aliphatic rings. The van der Waals surface area contributed by atoms with Crippen molar-refractivity contribution in [2.75, 3.05) is 52.9 Å². The highest BCUT2D eigenvalue weighted by Gasteiger charge is 2.33. The summed E-state index contributed by atoms with van der Waals surface area (Å²) in [4.78, 5) is 58.6. The number of carbonyl (C=O) groups is 4. The van der Waals surface area contributed by atoms with Gasteiger partial charge in [0.1, 0.15) is 24.4 Å². The van der Waals surface area contributed by atoms with E-state index in [0.717, 1.165) is 0 Å². The predicted molar refractivity (Wildman–Crippen MR) is 136 cm³/mol. The first-order chi connectivity index (χ1) is 17.2. The van der Waals surface area contributed by atoms with E-state index < -0.39 is 23.9 Å². The van der Waals surface area contributed by atoms with Crippen LogP contribution in [0.5, 0.6) is 5.75 Å². The van der Waals surface area contributed by atoms with E-state index in [0.29, 0.717) is 51.4 Å². The number of rotatable bonds is 4. The highest BCUT2D eigenvalue weighted by Crippen LogP contribution is 2.19. The maximum absolute atomic E-state index is 13.4. The van der Waals surface area contributed by atoms with Crippen LogP contribution in [-0.2, 0) is 14.4 Å². The van der Waals surface area contributed by atoms with Crippen molar-refractivity contribution < 1.29 is 23.9 Å². The zero-order valence-electron chi connectivity index (χ0n) is 21.8. The minimum absolute atomic E-state index is 0.169. The van der Waals surface area contributed by atoms with Crippen LogP contribution in [0.4, 0.5) is 0 Å². The van der Waals surface area contributed by atoms with Crippen LogP contribution in [0.1, 0.15) is 44.0 Å². The van der Waals surface area contributed by atoms with E-state index in [1.165, 1.54) is 0 Å². The molecule has 0 saturated carbocycles. The van der Waals surface area contributed by atoms with Crippen LogP contribution in [0, 0.1) is 5.92 Å². The van der Waals surface area contributed by atoms with Gasteiger partial charge >= 0.3 is 0 Å². The average Bonchev–Trinajstić information content (AvgIpc) is 2.85. The van der Waals surface area contributed by atoms with Crippen LogP contribution in [0.15, 0.2) is 24.3 Å². The summed E-state index contributed by atoms with van der Waals surface area (Å²) in [7, 11) is 1.99. The lowest BCUT2D eigenvalue weighted by atomic mass is 10.0. The number of ether oxygens (including phenoxy) is 1. The third-order valence-corrected chi connectivity index (χ3v) is 6.59. The van der Waals surface area contributed by atoms with Crippen LogP contribution < -0.4 is 15.4 Å². The summed E-state index contributed by atoms with van der Waals surface area (Å²) < 4.78 is 5.90. The molecule has 0 bridgehead atoms. The van der Waals surface area contributed by atoms with Crippen molar-refractivity contribution in [2.24, 2.45) is 5.92 Å². The number of hydrogen-bond donors (Lipinski definition) is 2. The molecule has 1 aromatic rings. The van der Waals surface area contributed by atoms with Crippen molar-refractivity contribution in [3.8, 4) is 5.75 Å². The summed E-state index contributed by atoms with van der Waals surface area (Å²) >= 11 is 0. The summed E-state index contributed by atoms with van der Waals surface area (Å²) in [5.41, 5.74) is 0.276. The first-order valence-electron chi connectivity index (χ1n) is 12.8. The first-order valence-corrected chi connectivity index (χ1v) is 12.8. The number of carbonyl (C=O) groups excluding carboxylic acids is 4. The maximum atomic E-state index is 13.4. The third kappa shape index (κ3) is 7.19. The summed E-state index contributed by atoms with van der Waals surface area (Å²) in [5, 5.41) is 5.62. The average molecular weight is 502 g/mol. The van der Waals surface area contributed by atoms with Gasteiger partial charge in [-0.3, -0.25) is 19.2 Å². The topological polar surface area (TPSA) is 111 Å². The van der Waals surface area contributed by atoms with Crippen molar-refractivity contribution in [3.63, 3.8) is 0 Å². The van der Waals surface area contributed by atoms with Crippen molar-refractivity contribution in [1.82, 2.24) is 25.3 Å². The van der Waals surface area contributed by atoms with Gasteiger partial charge in [-0.05, 0) is 38.4 Å². The molecule has 10 heteroatoms.